The van der Waals surface area contributed by atoms with Crippen LogP contribution in [0.25, 0.3) is 0 Å². The summed E-state index contributed by atoms with van der Waals surface area (Å²) < 4.78 is 30.4. The molecule has 4 aromatic rings. The summed E-state index contributed by atoms with van der Waals surface area (Å²) in [6, 6.07) is 33.1. The van der Waals surface area contributed by atoms with Gasteiger partial charge in [0.2, 0.25) is 0 Å². The fourth-order valence-electron chi connectivity index (χ4n) is 5.33. The van der Waals surface area contributed by atoms with E-state index < -0.39 is 18.7 Å². The molecule has 8 rings (SSSR count). The largest absolute Gasteiger partial charge is 0.313 e. The summed E-state index contributed by atoms with van der Waals surface area (Å²) in [7, 11) is 0. The molecule has 0 bridgehead atoms. The third kappa shape index (κ3) is 4.47. The molecular formula is C29H24N2O4P2S4. The fraction of sp³-hybridized carbons (Fsp3) is 0.172. The van der Waals surface area contributed by atoms with Gasteiger partial charge in [-0.25, -0.2) is 0 Å². The van der Waals surface area contributed by atoms with Crippen LogP contribution in [0.4, 0.5) is 22.7 Å². The Bertz CT molecular complexity index is 1540. The first-order chi connectivity index (χ1) is 20.0. The van der Waals surface area contributed by atoms with Crippen LogP contribution >= 0.6 is 36.8 Å². The summed E-state index contributed by atoms with van der Waals surface area (Å²) >= 11 is 15.9. The van der Waals surface area contributed by atoms with Crippen molar-refractivity contribution in [3.63, 3.8) is 0 Å². The average molecular weight is 655 g/mol. The van der Waals surface area contributed by atoms with Crippen molar-refractivity contribution < 1.29 is 18.1 Å². The van der Waals surface area contributed by atoms with E-state index in [4.69, 9.17) is 41.7 Å². The molecule has 0 saturated carbocycles. The van der Waals surface area contributed by atoms with Crippen molar-refractivity contribution in [2.45, 2.75) is 19.6 Å². The van der Waals surface area contributed by atoms with Crippen LogP contribution in [0.1, 0.15) is 0 Å². The molecule has 4 aliphatic rings. The first-order valence-electron chi connectivity index (χ1n) is 13.1. The molecule has 2 saturated heterocycles. The molecule has 0 aliphatic carbocycles. The molecule has 0 atom stereocenters. The zero-order valence-corrected chi connectivity index (χ0v) is 26.7. The van der Waals surface area contributed by atoms with E-state index in [1.807, 2.05) is 48.5 Å². The summed E-state index contributed by atoms with van der Waals surface area (Å²) in [5.41, 5.74) is 3.58. The average Bonchev–Trinajstić information content (AvgIpc) is 3.01. The van der Waals surface area contributed by atoms with E-state index in [9.17, 15) is 0 Å². The van der Waals surface area contributed by atoms with Crippen molar-refractivity contribution in [3.8, 4) is 0 Å². The van der Waals surface area contributed by atoms with Crippen LogP contribution in [0.15, 0.2) is 117 Å². The predicted octanol–water partition coefficient (Wildman–Crippen LogP) is 9.12. The minimum Gasteiger partial charge on any atom is -0.313 e. The molecule has 4 aromatic carbocycles. The Morgan fingerprint density at radius 3 is 1.05 bits per heavy atom. The van der Waals surface area contributed by atoms with Crippen molar-refractivity contribution in [1.82, 2.24) is 0 Å². The lowest BCUT2D eigenvalue weighted by Gasteiger charge is -2.50. The Kier molecular flexibility index (Phi) is 6.70. The van der Waals surface area contributed by atoms with Gasteiger partial charge in [-0.3, -0.25) is 9.34 Å². The molecule has 0 aromatic heterocycles. The summed E-state index contributed by atoms with van der Waals surface area (Å²) in [6.07, 6.45) is 0. The molecule has 4 aliphatic heterocycles. The van der Waals surface area contributed by atoms with Crippen molar-refractivity contribution in [1.29, 1.82) is 0 Å². The second-order valence-corrected chi connectivity index (χ2v) is 18.9. The molecular weight excluding hydrogens is 631 g/mol. The lowest BCUT2D eigenvalue weighted by atomic mass is 9.93. The molecule has 12 heteroatoms. The molecule has 208 valence electrons. The van der Waals surface area contributed by atoms with Crippen molar-refractivity contribution in [3.05, 3.63) is 97.1 Å². The molecule has 0 N–H and O–H groups in total. The van der Waals surface area contributed by atoms with Gasteiger partial charge >= 0.3 is 0 Å². The Morgan fingerprint density at radius 2 is 0.756 bits per heavy atom. The molecule has 0 radical (unpaired) electrons. The Morgan fingerprint density at radius 1 is 0.488 bits per heavy atom. The SMILES string of the molecule is S=P1(N2c3ccccc3Sc3ccccc32)OCC2(CO1)COP(=S)(N1c3ccccc3Sc3ccccc31)OC2. The maximum atomic E-state index is 6.56. The quantitative estimate of drug-likeness (QED) is 0.196. The van der Waals surface area contributed by atoms with E-state index in [0.29, 0.717) is 26.4 Å². The lowest BCUT2D eigenvalue weighted by Crippen LogP contribution is -2.47. The first kappa shape index (κ1) is 26.9. The van der Waals surface area contributed by atoms with Gasteiger partial charge in [-0.15, -0.1) is 0 Å². The van der Waals surface area contributed by atoms with Crippen LogP contribution in [-0.2, 0) is 41.7 Å². The van der Waals surface area contributed by atoms with Gasteiger partial charge in [-0.1, -0.05) is 72.1 Å². The number of para-hydroxylation sites is 4. The number of benzene rings is 4. The lowest BCUT2D eigenvalue weighted by molar-refractivity contribution is -0.0545. The zero-order chi connectivity index (χ0) is 27.7. The highest BCUT2D eigenvalue weighted by Crippen LogP contribution is 2.69. The monoisotopic (exact) mass is 654 g/mol. The number of fused-ring (bicyclic) bond motifs is 4. The number of rotatable bonds is 2. The smallest absolute Gasteiger partial charge is 0.294 e. The van der Waals surface area contributed by atoms with Crippen molar-refractivity contribution in [2.75, 3.05) is 35.8 Å². The minimum absolute atomic E-state index is 0.372. The Balaban J connectivity index is 1.06. The highest BCUT2D eigenvalue weighted by Gasteiger charge is 2.51. The van der Waals surface area contributed by atoms with Crippen LogP contribution in [0, 0.1) is 5.41 Å². The molecule has 0 amide bonds. The van der Waals surface area contributed by atoms with Crippen molar-refractivity contribution in [2.24, 2.45) is 5.41 Å². The van der Waals surface area contributed by atoms with Gasteiger partial charge in [-0.05, 0) is 72.1 Å². The molecule has 4 heterocycles. The topological polar surface area (TPSA) is 43.4 Å². The summed E-state index contributed by atoms with van der Waals surface area (Å²) in [5, 5.41) is 0. The third-order valence-electron chi connectivity index (χ3n) is 7.44. The number of hydrogen-bond acceptors (Lipinski definition) is 8. The fourth-order valence-corrected chi connectivity index (χ4v) is 13.5. The summed E-state index contributed by atoms with van der Waals surface area (Å²) in [6.45, 7) is -4.27. The maximum absolute atomic E-state index is 6.56. The van der Waals surface area contributed by atoms with Crippen LogP contribution in [0.2, 0.25) is 0 Å². The van der Waals surface area contributed by atoms with Crippen LogP contribution in [0.5, 0.6) is 0 Å². The molecule has 2 fully saturated rings. The summed E-state index contributed by atoms with van der Waals surface area (Å²) in [4.78, 5) is 4.53. The molecule has 6 nitrogen and oxygen atoms in total. The highest BCUT2D eigenvalue weighted by atomic mass is 32.5. The zero-order valence-electron chi connectivity index (χ0n) is 21.6. The van der Waals surface area contributed by atoms with E-state index in [-0.39, 0.29) is 0 Å². The van der Waals surface area contributed by atoms with Gasteiger partial charge < -0.3 is 18.1 Å². The van der Waals surface area contributed by atoms with Gasteiger partial charge in [-0.2, -0.15) is 0 Å². The van der Waals surface area contributed by atoms with Gasteiger partial charge in [0.1, 0.15) is 0 Å². The third-order valence-corrected chi connectivity index (χ3v) is 15.6. The second kappa shape index (κ2) is 10.2. The van der Waals surface area contributed by atoms with E-state index in [1.165, 1.54) is 0 Å². The van der Waals surface area contributed by atoms with E-state index in [0.717, 1.165) is 42.3 Å². The van der Waals surface area contributed by atoms with Gasteiger partial charge in [0.05, 0.1) is 54.6 Å². The van der Waals surface area contributed by atoms with E-state index >= 15 is 0 Å². The first-order valence-corrected chi connectivity index (χ1v) is 19.9. The molecule has 1 spiro atoms. The van der Waals surface area contributed by atoms with Gasteiger partial charge in [0.15, 0.2) is 0 Å². The maximum Gasteiger partial charge on any atom is 0.294 e. The Hall–Kier alpha value is -1.68. The number of anilines is 4. The normalized spacial score (nSPS) is 28.4. The number of nitrogens with zero attached hydrogens (tertiary/aromatic N) is 2. The van der Waals surface area contributed by atoms with Crippen LogP contribution in [0.3, 0.4) is 0 Å². The second-order valence-electron chi connectivity index (χ2n) is 10.2. The van der Waals surface area contributed by atoms with Gasteiger partial charge in [0.25, 0.3) is 13.3 Å². The van der Waals surface area contributed by atoms with E-state index in [2.05, 4.69) is 57.9 Å². The van der Waals surface area contributed by atoms with Gasteiger partial charge in [0, 0.05) is 19.6 Å². The molecule has 41 heavy (non-hydrogen) atoms. The standard InChI is InChI=1S/C29H24N2O4P2S4/c38-36(30-21-9-1-5-13-25(21)40-26-14-6-2-10-22(26)30)32-17-29(18-33-36)19-34-37(39,35-20-29)31-23-11-3-7-15-27(23)41-28-16-8-4-12-24(28)31/h1-16H,17-20H2. The molecule has 0 unspecified atom stereocenters. The number of hydrogen-bond donors (Lipinski definition) is 0. The summed E-state index contributed by atoms with van der Waals surface area (Å²) in [5.74, 6) is 0. The van der Waals surface area contributed by atoms with E-state index in [1.54, 1.807) is 23.5 Å². The minimum atomic E-state index is -2.88. The highest BCUT2D eigenvalue weighted by molar-refractivity contribution is 8.11. The van der Waals surface area contributed by atoms with Crippen molar-refractivity contribution >= 4 is 83.2 Å². The Labute approximate surface area is 257 Å². The van der Waals surface area contributed by atoms with Crippen LogP contribution < -0.4 is 9.34 Å². The van der Waals surface area contributed by atoms with Crippen LogP contribution in [-0.4, -0.2) is 26.4 Å². The predicted molar refractivity (Wildman–Crippen MR) is 173 cm³/mol.